The van der Waals surface area contributed by atoms with Crippen molar-refractivity contribution >= 4 is 22.4 Å². The SMILES string of the molecule is CC(CN)CS(=O)c1ccc(F)c(Cl)c1. The molecular weight excluding hydrogens is 237 g/mol. The Balaban J connectivity index is 2.78. The summed E-state index contributed by atoms with van der Waals surface area (Å²) < 4.78 is 24.6. The van der Waals surface area contributed by atoms with E-state index in [1.807, 2.05) is 6.92 Å². The Morgan fingerprint density at radius 2 is 2.27 bits per heavy atom. The fourth-order valence-corrected chi connectivity index (χ4v) is 2.60. The molecule has 0 aliphatic carbocycles. The number of rotatable bonds is 4. The van der Waals surface area contributed by atoms with Crippen molar-refractivity contribution in [2.45, 2.75) is 11.8 Å². The van der Waals surface area contributed by atoms with Crippen LogP contribution in [-0.2, 0) is 10.8 Å². The quantitative estimate of drug-likeness (QED) is 0.889. The molecule has 15 heavy (non-hydrogen) atoms. The molecule has 2 atom stereocenters. The van der Waals surface area contributed by atoms with Gasteiger partial charge in [-0.25, -0.2) is 4.39 Å². The summed E-state index contributed by atoms with van der Waals surface area (Å²) in [6, 6.07) is 4.11. The zero-order chi connectivity index (χ0) is 11.4. The van der Waals surface area contributed by atoms with Crippen LogP contribution in [0.4, 0.5) is 4.39 Å². The zero-order valence-corrected chi connectivity index (χ0v) is 9.95. The minimum atomic E-state index is -1.16. The van der Waals surface area contributed by atoms with E-state index in [1.165, 1.54) is 18.2 Å². The molecule has 0 heterocycles. The molecule has 0 bridgehead atoms. The number of benzene rings is 1. The molecular formula is C10H13ClFNOS. The second-order valence-electron chi connectivity index (χ2n) is 3.43. The summed E-state index contributed by atoms with van der Waals surface area (Å²) in [6.45, 7) is 2.41. The molecule has 0 saturated carbocycles. The van der Waals surface area contributed by atoms with Crippen molar-refractivity contribution in [1.29, 1.82) is 0 Å². The number of hydrogen-bond acceptors (Lipinski definition) is 2. The van der Waals surface area contributed by atoms with Crippen LogP contribution in [0.15, 0.2) is 23.1 Å². The second kappa shape index (κ2) is 5.58. The highest BCUT2D eigenvalue weighted by molar-refractivity contribution is 7.85. The lowest BCUT2D eigenvalue weighted by molar-refractivity contribution is 0.625. The minimum absolute atomic E-state index is 0.00116. The van der Waals surface area contributed by atoms with Gasteiger partial charge in [0.2, 0.25) is 0 Å². The zero-order valence-electron chi connectivity index (χ0n) is 8.37. The lowest BCUT2D eigenvalue weighted by atomic mass is 10.2. The Kier molecular flexibility index (Phi) is 4.70. The van der Waals surface area contributed by atoms with Gasteiger partial charge in [0.1, 0.15) is 5.82 Å². The molecule has 5 heteroatoms. The first kappa shape index (κ1) is 12.6. The van der Waals surface area contributed by atoms with Crippen molar-refractivity contribution in [3.8, 4) is 0 Å². The van der Waals surface area contributed by atoms with Crippen molar-refractivity contribution in [2.24, 2.45) is 11.7 Å². The number of hydrogen-bond donors (Lipinski definition) is 1. The van der Waals surface area contributed by atoms with Crippen LogP contribution in [0, 0.1) is 11.7 Å². The summed E-state index contributed by atoms with van der Waals surface area (Å²) in [5, 5.41) is 0.00116. The Morgan fingerprint density at radius 3 is 2.80 bits per heavy atom. The second-order valence-corrected chi connectivity index (χ2v) is 5.33. The fourth-order valence-electron chi connectivity index (χ4n) is 1.04. The van der Waals surface area contributed by atoms with E-state index in [-0.39, 0.29) is 10.9 Å². The smallest absolute Gasteiger partial charge is 0.141 e. The molecule has 0 saturated heterocycles. The third-order valence-corrected chi connectivity index (χ3v) is 3.93. The van der Waals surface area contributed by atoms with Gasteiger partial charge in [-0.15, -0.1) is 0 Å². The van der Waals surface area contributed by atoms with E-state index >= 15 is 0 Å². The van der Waals surface area contributed by atoms with Crippen LogP contribution in [0.5, 0.6) is 0 Å². The van der Waals surface area contributed by atoms with Gasteiger partial charge in [0, 0.05) is 10.6 Å². The highest BCUT2D eigenvalue weighted by atomic mass is 35.5. The van der Waals surface area contributed by atoms with Crippen molar-refractivity contribution in [3.63, 3.8) is 0 Å². The van der Waals surface area contributed by atoms with E-state index in [0.29, 0.717) is 17.2 Å². The van der Waals surface area contributed by atoms with E-state index in [0.717, 1.165) is 0 Å². The molecule has 0 aliphatic rings. The monoisotopic (exact) mass is 249 g/mol. The predicted octanol–water partition coefficient (Wildman–Crippen LogP) is 2.18. The molecule has 0 aliphatic heterocycles. The van der Waals surface area contributed by atoms with Crippen molar-refractivity contribution < 1.29 is 8.60 Å². The van der Waals surface area contributed by atoms with E-state index in [1.54, 1.807) is 0 Å². The van der Waals surface area contributed by atoms with Crippen LogP contribution in [-0.4, -0.2) is 16.5 Å². The largest absolute Gasteiger partial charge is 0.330 e. The van der Waals surface area contributed by atoms with Gasteiger partial charge in [-0.05, 0) is 30.7 Å². The molecule has 0 fully saturated rings. The maximum absolute atomic E-state index is 12.8. The van der Waals surface area contributed by atoms with Gasteiger partial charge in [0.05, 0.1) is 15.8 Å². The highest BCUT2D eigenvalue weighted by Crippen LogP contribution is 2.19. The maximum atomic E-state index is 12.8. The Bertz CT molecular complexity index is 372. The number of nitrogens with two attached hydrogens (primary N) is 1. The van der Waals surface area contributed by atoms with Crippen LogP contribution in [0.3, 0.4) is 0 Å². The molecule has 0 aromatic heterocycles. The van der Waals surface area contributed by atoms with Gasteiger partial charge in [-0.1, -0.05) is 18.5 Å². The molecule has 0 radical (unpaired) electrons. The van der Waals surface area contributed by atoms with Gasteiger partial charge in [0.15, 0.2) is 0 Å². The summed E-state index contributed by atoms with van der Waals surface area (Å²) in [7, 11) is -1.16. The van der Waals surface area contributed by atoms with Crippen molar-refractivity contribution in [1.82, 2.24) is 0 Å². The first-order valence-electron chi connectivity index (χ1n) is 4.58. The molecule has 1 rings (SSSR count). The summed E-state index contributed by atoms with van der Waals surface area (Å²) in [5.41, 5.74) is 5.43. The van der Waals surface area contributed by atoms with E-state index in [2.05, 4.69) is 0 Å². The first-order chi connectivity index (χ1) is 7.04. The Morgan fingerprint density at radius 1 is 1.60 bits per heavy atom. The molecule has 1 aromatic rings. The normalized spacial score (nSPS) is 14.9. The van der Waals surface area contributed by atoms with E-state index in [4.69, 9.17) is 17.3 Å². The molecule has 2 N–H and O–H groups in total. The van der Waals surface area contributed by atoms with Gasteiger partial charge in [-0.3, -0.25) is 4.21 Å². The fraction of sp³-hybridized carbons (Fsp3) is 0.400. The molecule has 1 aromatic carbocycles. The van der Waals surface area contributed by atoms with E-state index in [9.17, 15) is 8.60 Å². The maximum Gasteiger partial charge on any atom is 0.141 e. The molecule has 2 unspecified atom stereocenters. The van der Waals surface area contributed by atoms with Gasteiger partial charge in [0.25, 0.3) is 0 Å². The average Bonchev–Trinajstić information content (AvgIpc) is 2.21. The first-order valence-corrected chi connectivity index (χ1v) is 6.27. The lowest BCUT2D eigenvalue weighted by Crippen LogP contribution is -2.17. The van der Waals surface area contributed by atoms with Crippen LogP contribution in [0.25, 0.3) is 0 Å². The van der Waals surface area contributed by atoms with Crippen LogP contribution in [0.2, 0.25) is 5.02 Å². The summed E-state index contributed by atoms with van der Waals surface area (Å²) >= 11 is 5.59. The summed E-state index contributed by atoms with van der Waals surface area (Å²) in [5.74, 6) is 0.150. The third-order valence-electron chi connectivity index (χ3n) is 1.99. The summed E-state index contributed by atoms with van der Waals surface area (Å²) in [4.78, 5) is 0.543. The molecule has 0 spiro atoms. The summed E-state index contributed by atoms with van der Waals surface area (Å²) in [6.07, 6.45) is 0. The highest BCUT2D eigenvalue weighted by Gasteiger charge is 2.10. The van der Waals surface area contributed by atoms with Crippen LogP contribution >= 0.6 is 11.6 Å². The van der Waals surface area contributed by atoms with E-state index < -0.39 is 16.6 Å². The molecule has 2 nitrogen and oxygen atoms in total. The standard InChI is InChI=1S/C10H13ClFNOS/c1-7(5-13)6-15(14)8-2-3-10(12)9(11)4-8/h2-4,7H,5-6,13H2,1H3. The van der Waals surface area contributed by atoms with Gasteiger partial charge < -0.3 is 5.73 Å². The Hall–Kier alpha value is -0.450. The molecule has 84 valence electrons. The van der Waals surface area contributed by atoms with Gasteiger partial charge in [-0.2, -0.15) is 0 Å². The molecule has 0 amide bonds. The van der Waals surface area contributed by atoms with Crippen LogP contribution in [0.1, 0.15) is 6.92 Å². The van der Waals surface area contributed by atoms with Crippen molar-refractivity contribution in [2.75, 3.05) is 12.3 Å². The third kappa shape index (κ3) is 3.55. The average molecular weight is 250 g/mol. The Labute approximate surface area is 96.1 Å². The lowest BCUT2D eigenvalue weighted by Gasteiger charge is -2.08. The van der Waals surface area contributed by atoms with Gasteiger partial charge >= 0.3 is 0 Å². The minimum Gasteiger partial charge on any atom is -0.330 e. The van der Waals surface area contributed by atoms with Crippen molar-refractivity contribution in [3.05, 3.63) is 29.0 Å². The predicted molar refractivity (Wildman–Crippen MR) is 60.9 cm³/mol. The topological polar surface area (TPSA) is 43.1 Å². The number of halogens is 2. The van der Waals surface area contributed by atoms with Crippen LogP contribution < -0.4 is 5.73 Å².